The maximum Gasteiger partial charge on any atom is 0.143 e. The Hall–Kier alpha value is -1.49. The number of hydrogen-bond donors (Lipinski definition) is 2. The minimum atomic E-state index is 0. The molecule has 2 N–H and O–H groups in total. The van der Waals surface area contributed by atoms with E-state index in [0.29, 0.717) is 12.4 Å². The number of aromatic nitrogens is 1. The van der Waals surface area contributed by atoms with Crippen LogP contribution >= 0.6 is 29.4 Å². The second-order valence-electron chi connectivity index (χ2n) is 10.3. The molecule has 9 heteroatoms. The maximum absolute atomic E-state index is 9.29. The van der Waals surface area contributed by atoms with Gasteiger partial charge < -0.3 is 24.3 Å². The Bertz CT molecular complexity index is 1500. The molecule has 0 saturated heterocycles. The fraction of sp³-hybridized carbons (Fsp3) is 0.333. The van der Waals surface area contributed by atoms with E-state index < -0.39 is 0 Å². The first-order valence-electron chi connectivity index (χ1n) is 14.9. The van der Waals surface area contributed by atoms with E-state index in [-0.39, 0.29) is 64.6 Å². The number of allylic oxidation sites excluding steroid dienone is 2. The van der Waals surface area contributed by atoms with Crippen LogP contribution in [0.4, 0.5) is 0 Å². The van der Waals surface area contributed by atoms with E-state index in [2.05, 4.69) is 82.2 Å². The fourth-order valence-corrected chi connectivity index (χ4v) is 5.24. The standard InChI is InChI=1S/C12H13BrO.C11H11NO.C9H8O.C4H10O.H2S.U.V.H2/c13-8-3-9-14-12-7-2-5-10-4-1-6-11(10)12;1-3-9-5-7-12-6-2-8-13-10(4-1)11(9)12;10-9-6-2-4-7-3-1-5-8(7)9;1-2-3-4-5;;;;/h1-2,4-5,7H,3,6,8-9H2;1,3-5,7H,2,6,8H2;1-4,6,10H,5H2;5H,2-4H2,1H3;1H2;;;1H/i;;;;;;;1+2. The smallest absolute Gasteiger partial charge is 0.143 e. The zero-order valence-corrected chi connectivity index (χ0v) is 34.1. The number of para-hydroxylation sites is 1. The molecule has 0 spiro atoms. The molecule has 5 nitrogen and oxygen atoms in total. The van der Waals surface area contributed by atoms with Gasteiger partial charge in [0.15, 0.2) is 0 Å². The van der Waals surface area contributed by atoms with Crippen molar-refractivity contribution >= 4 is 52.5 Å². The van der Waals surface area contributed by atoms with Crippen molar-refractivity contribution in [2.24, 2.45) is 0 Å². The number of aliphatic hydroxyl groups excluding tert-OH is 1. The van der Waals surface area contributed by atoms with E-state index in [1.807, 2.05) is 30.3 Å². The van der Waals surface area contributed by atoms with Crippen LogP contribution in [0.25, 0.3) is 23.1 Å². The molecule has 3 aliphatic rings. The second kappa shape index (κ2) is 22.9. The molecule has 3 aromatic carbocycles. The summed E-state index contributed by atoms with van der Waals surface area (Å²) in [5.74, 6) is 2.50. The summed E-state index contributed by atoms with van der Waals surface area (Å²) in [5, 5.41) is 19.6. The van der Waals surface area contributed by atoms with E-state index >= 15 is 0 Å². The van der Waals surface area contributed by atoms with Crippen LogP contribution in [0.1, 0.15) is 56.3 Å². The van der Waals surface area contributed by atoms with Crippen LogP contribution in [0, 0.1) is 31.1 Å². The van der Waals surface area contributed by atoms with Crippen molar-refractivity contribution in [3.05, 3.63) is 101 Å². The summed E-state index contributed by atoms with van der Waals surface area (Å²) in [6, 6.07) is 20.2. The van der Waals surface area contributed by atoms with Crippen LogP contribution in [0.2, 0.25) is 0 Å². The molecular formula is C36H46BrNO4SUV. The molecule has 0 saturated carbocycles. The molecule has 0 unspecified atom stereocenters. The molecule has 2 heterocycles. The second-order valence-corrected chi connectivity index (χ2v) is 11.0. The third-order valence-corrected chi connectivity index (χ3v) is 7.76. The average molecular weight is 960 g/mol. The van der Waals surface area contributed by atoms with Gasteiger partial charge in [-0.3, -0.25) is 0 Å². The van der Waals surface area contributed by atoms with Crippen LogP contribution < -0.4 is 9.47 Å². The zero-order valence-electron chi connectivity index (χ0n) is 25.9. The summed E-state index contributed by atoms with van der Waals surface area (Å²) in [6.07, 6.45) is 16.7. The van der Waals surface area contributed by atoms with Gasteiger partial charge in [-0.2, -0.15) is 13.5 Å². The molecule has 45 heavy (non-hydrogen) atoms. The SMILES string of the molecule is BrCCCOc1cccc2c1CC=C2.CCCCO.Oc1cccc2c1CC=C2.S.[3HH].[U].[V].c1cc2c3c(c1)ccn3CCCO2. The quantitative estimate of drug-likeness (QED) is 0.150. The molecule has 0 atom stereocenters. The van der Waals surface area contributed by atoms with Gasteiger partial charge in [0.05, 0.1) is 18.7 Å². The molecule has 1 aromatic heterocycles. The van der Waals surface area contributed by atoms with Crippen LogP contribution in [0.15, 0.2) is 79.0 Å². The Balaban J connectivity index is 0.000000597. The van der Waals surface area contributed by atoms with Gasteiger partial charge in [0, 0.05) is 92.3 Å². The Morgan fingerprint density at radius 2 is 1.62 bits per heavy atom. The predicted octanol–water partition coefficient (Wildman–Crippen LogP) is 8.94. The largest absolute Gasteiger partial charge is 0.508 e. The summed E-state index contributed by atoms with van der Waals surface area (Å²) >= 11 is 3.39. The normalized spacial score (nSPS) is 12.4. The van der Waals surface area contributed by atoms with Crippen LogP contribution in [0.5, 0.6) is 17.2 Å². The number of hydrogen-bond acceptors (Lipinski definition) is 4. The van der Waals surface area contributed by atoms with Crippen molar-refractivity contribution in [2.75, 3.05) is 25.2 Å². The first-order valence-corrected chi connectivity index (χ1v) is 16.0. The number of benzene rings is 3. The molecule has 7 rings (SSSR count). The van der Waals surface area contributed by atoms with Gasteiger partial charge >= 0.3 is 0 Å². The molecule has 4 aromatic rings. The first-order chi connectivity index (χ1) is 20.7. The first kappa shape index (κ1) is 41.5. The molecule has 1 radical (unpaired) electrons. The summed E-state index contributed by atoms with van der Waals surface area (Å²) in [5.41, 5.74) is 6.10. The third-order valence-electron chi connectivity index (χ3n) is 7.20. The number of aromatic hydroxyl groups is 1. The topological polar surface area (TPSA) is 63.8 Å². The fourth-order valence-electron chi connectivity index (χ4n) is 5.01. The number of ether oxygens (including phenoxy) is 2. The number of nitrogens with zero attached hydrogens (tertiary/aromatic N) is 1. The number of phenolic OH excluding ortho intramolecular Hbond substituents is 1. The van der Waals surface area contributed by atoms with Crippen molar-refractivity contribution < 1.29 is 70.8 Å². The number of alkyl halides is 1. The number of phenols is 1. The van der Waals surface area contributed by atoms with Crippen molar-refractivity contribution in [3.8, 4) is 17.2 Å². The van der Waals surface area contributed by atoms with Crippen LogP contribution in [-0.2, 0) is 37.9 Å². The van der Waals surface area contributed by atoms with Gasteiger partial charge in [-0.1, -0.05) is 90.0 Å². The van der Waals surface area contributed by atoms with Crippen LogP contribution in [-0.4, -0.2) is 39.9 Å². The van der Waals surface area contributed by atoms with Gasteiger partial charge in [0.1, 0.15) is 17.2 Å². The number of aliphatic hydroxyl groups is 1. The average Bonchev–Trinajstić information content (AvgIpc) is 3.75. The Kier molecular flexibility index (Phi) is 21.2. The van der Waals surface area contributed by atoms with Crippen molar-refractivity contribution in [3.63, 3.8) is 0 Å². The Morgan fingerprint density at radius 1 is 0.933 bits per heavy atom. The number of unbranched alkanes of at least 4 members (excludes halogenated alkanes) is 1. The zero-order chi connectivity index (χ0) is 29.6. The molecule has 0 bridgehead atoms. The molecular weight excluding hydrogens is 911 g/mol. The Labute approximate surface area is 320 Å². The molecule has 241 valence electrons. The van der Waals surface area contributed by atoms with E-state index in [0.717, 1.165) is 86.2 Å². The van der Waals surface area contributed by atoms with E-state index in [9.17, 15) is 5.11 Å². The van der Waals surface area contributed by atoms with Crippen molar-refractivity contribution in [2.45, 2.75) is 52.0 Å². The van der Waals surface area contributed by atoms with Gasteiger partial charge in [0.25, 0.3) is 0 Å². The van der Waals surface area contributed by atoms with Gasteiger partial charge in [-0.25, -0.2) is 0 Å². The van der Waals surface area contributed by atoms with Gasteiger partial charge in [-0.15, -0.1) is 0 Å². The monoisotopic (exact) mass is 958 g/mol. The summed E-state index contributed by atoms with van der Waals surface area (Å²) in [4.78, 5) is 0. The predicted molar refractivity (Wildman–Crippen MR) is 190 cm³/mol. The van der Waals surface area contributed by atoms with Gasteiger partial charge in [-0.05, 0) is 67.5 Å². The summed E-state index contributed by atoms with van der Waals surface area (Å²) in [6.45, 7) is 5.09. The summed E-state index contributed by atoms with van der Waals surface area (Å²) in [7, 11) is 0. The van der Waals surface area contributed by atoms with Gasteiger partial charge in [0.2, 0.25) is 0 Å². The van der Waals surface area contributed by atoms with E-state index in [1.54, 1.807) is 6.07 Å². The maximum atomic E-state index is 9.29. The van der Waals surface area contributed by atoms with E-state index in [1.165, 1.54) is 22.0 Å². The minimum absolute atomic E-state index is 0. The number of rotatable bonds is 6. The molecule has 0 fully saturated rings. The minimum Gasteiger partial charge on any atom is -0.508 e. The molecule has 2 aliphatic carbocycles. The number of halogens is 1. The molecule has 1 aliphatic heterocycles. The number of aryl methyl sites for hydroxylation is 1. The van der Waals surface area contributed by atoms with Crippen LogP contribution in [0.3, 0.4) is 0 Å². The summed E-state index contributed by atoms with van der Waals surface area (Å²) < 4.78 is 13.7. The van der Waals surface area contributed by atoms with Crippen molar-refractivity contribution in [1.82, 2.24) is 4.57 Å². The third kappa shape index (κ3) is 12.2. The number of fused-ring (bicyclic) bond motifs is 2. The Morgan fingerprint density at radius 3 is 2.29 bits per heavy atom. The van der Waals surface area contributed by atoms with Crippen molar-refractivity contribution in [1.29, 1.82) is 0 Å². The molecule has 0 amide bonds. The van der Waals surface area contributed by atoms with E-state index in [4.69, 9.17) is 14.6 Å².